The highest BCUT2D eigenvalue weighted by Crippen LogP contribution is 2.68. The molecule has 1 aromatic carbocycles. The number of aliphatic hydroxyl groups excluding tert-OH is 1. The van der Waals surface area contributed by atoms with Gasteiger partial charge in [0.15, 0.2) is 6.61 Å². The molecule has 3 aliphatic rings. The van der Waals surface area contributed by atoms with Gasteiger partial charge in [0.25, 0.3) is 10.1 Å². The summed E-state index contributed by atoms with van der Waals surface area (Å²) in [7, 11) is -2.94. The topological polar surface area (TPSA) is 133 Å². The van der Waals surface area contributed by atoms with Gasteiger partial charge < -0.3 is 14.6 Å². The molecule has 0 unspecified atom stereocenters. The monoisotopic (exact) mass is 590 g/mol. The highest BCUT2D eigenvalue weighted by Gasteiger charge is 2.68. The third-order valence-corrected chi connectivity index (χ3v) is 11.8. The number of carbonyl (C=O) groups excluding carboxylic acids is 3. The van der Waals surface area contributed by atoms with Gasteiger partial charge in [0, 0.05) is 29.2 Å². The minimum atomic E-state index is -4.21. The lowest BCUT2D eigenvalue weighted by Gasteiger charge is -2.61. The Morgan fingerprint density at radius 3 is 2.41 bits per heavy atom. The predicted molar refractivity (Wildman–Crippen MR) is 150 cm³/mol. The molecular formula is C31H42O9S. The van der Waals surface area contributed by atoms with Crippen molar-refractivity contribution in [1.82, 2.24) is 0 Å². The number of hydrogen-bond acceptors (Lipinski definition) is 9. The van der Waals surface area contributed by atoms with Gasteiger partial charge in [0.05, 0.1) is 18.1 Å². The summed E-state index contributed by atoms with van der Waals surface area (Å²) < 4.78 is 41.4. The molecule has 0 saturated heterocycles. The molecular weight excluding hydrogens is 548 g/mol. The van der Waals surface area contributed by atoms with E-state index in [0.29, 0.717) is 12.8 Å². The molecule has 226 valence electrons. The summed E-state index contributed by atoms with van der Waals surface area (Å²) in [6.07, 6.45) is 3.74. The van der Waals surface area contributed by atoms with Crippen molar-refractivity contribution in [2.45, 2.75) is 83.8 Å². The normalized spacial score (nSPS) is 37.2. The number of aliphatic hydroxyl groups is 1. The molecule has 4 rings (SSSR count). The van der Waals surface area contributed by atoms with Gasteiger partial charge in [-0.15, -0.1) is 0 Å². The molecule has 0 radical (unpaired) electrons. The van der Waals surface area contributed by atoms with Crippen LogP contribution in [0.5, 0.6) is 0 Å². The molecule has 2 bridgehead atoms. The first-order valence-electron chi connectivity index (χ1n) is 14.2. The van der Waals surface area contributed by atoms with Gasteiger partial charge >= 0.3 is 11.9 Å². The zero-order chi connectivity index (χ0) is 30.4. The van der Waals surface area contributed by atoms with Crippen LogP contribution >= 0.6 is 0 Å². The number of esters is 2. The lowest BCUT2D eigenvalue weighted by molar-refractivity contribution is -0.207. The maximum Gasteiger partial charge on any atom is 0.333 e. The quantitative estimate of drug-likeness (QED) is 0.282. The second kappa shape index (κ2) is 11.3. The predicted octanol–water partition coefficient (Wildman–Crippen LogP) is 4.15. The van der Waals surface area contributed by atoms with E-state index in [2.05, 4.69) is 6.92 Å². The van der Waals surface area contributed by atoms with Gasteiger partial charge in [0.1, 0.15) is 11.9 Å². The van der Waals surface area contributed by atoms with Gasteiger partial charge in [-0.05, 0) is 62.0 Å². The van der Waals surface area contributed by atoms with E-state index in [1.165, 1.54) is 25.3 Å². The third-order valence-electron chi connectivity index (χ3n) is 10.6. The minimum Gasteiger partial charge on any atom is -0.466 e. The average Bonchev–Trinajstić information content (AvgIpc) is 3.29. The molecule has 0 amide bonds. The number of aryl methyl sites for hydroxylation is 1. The van der Waals surface area contributed by atoms with E-state index in [1.807, 2.05) is 27.7 Å². The van der Waals surface area contributed by atoms with Crippen molar-refractivity contribution >= 4 is 27.8 Å². The number of carbonyl (C=O) groups is 3. The average molecular weight is 591 g/mol. The summed E-state index contributed by atoms with van der Waals surface area (Å²) in [6.45, 7) is 8.81. The van der Waals surface area contributed by atoms with Crippen molar-refractivity contribution in [3.05, 3.63) is 42.0 Å². The largest absolute Gasteiger partial charge is 0.466 e. The first-order chi connectivity index (χ1) is 19.1. The lowest BCUT2D eigenvalue weighted by Crippen LogP contribution is -2.63. The molecule has 0 aromatic heterocycles. The maximum atomic E-state index is 13.6. The number of Topliss-reactive ketones (excluding diaryl/α,β-unsaturated/α-hetero) is 1. The summed E-state index contributed by atoms with van der Waals surface area (Å²) in [6, 6.07) is 6.08. The van der Waals surface area contributed by atoms with E-state index in [0.717, 1.165) is 18.4 Å². The Labute approximate surface area is 242 Å². The molecule has 8 atom stereocenters. The maximum absolute atomic E-state index is 13.6. The highest BCUT2D eigenvalue weighted by atomic mass is 32.2. The molecule has 0 aliphatic heterocycles. The summed E-state index contributed by atoms with van der Waals surface area (Å²) in [4.78, 5) is 38.8. The molecule has 3 saturated carbocycles. The smallest absolute Gasteiger partial charge is 0.333 e. The summed E-state index contributed by atoms with van der Waals surface area (Å²) in [5.74, 6) is -2.07. The van der Waals surface area contributed by atoms with Gasteiger partial charge in [0.2, 0.25) is 0 Å². The Morgan fingerprint density at radius 2 is 1.78 bits per heavy atom. The fraction of sp³-hybridized carbons (Fsp3) is 0.645. The van der Waals surface area contributed by atoms with E-state index in [1.54, 1.807) is 18.2 Å². The van der Waals surface area contributed by atoms with Crippen molar-refractivity contribution in [2.75, 3.05) is 13.7 Å². The standard InChI is InChI=1S/C31H42O9S/c1-19-7-9-22(10-8-19)41(36,37)39-18-26(34)40-24-17-29(4,14-13-25(33)38-6)28(35)21(3)31-15-11-20(2)30(24,5)27(31)23(32)12-16-31/h7-10,13-14,20-21,24,27-28,35H,11-12,15-18H2,1-6H3/b14-13+/t20-,21-,24+,27-,28-,29+,30-,31-/m0/s1. The van der Waals surface area contributed by atoms with Crippen molar-refractivity contribution in [1.29, 1.82) is 0 Å². The van der Waals surface area contributed by atoms with E-state index in [4.69, 9.17) is 13.7 Å². The molecule has 10 heteroatoms. The Balaban J connectivity index is 1.70. The van der Waals surface area contributed by atoms with Crippen LogP contribution < -0.4 is 0 Å². The first-order valence-corrected chi connectivity index (χ1v) is 15.6. The summed E-state index contributed by atoms with van der Waals surface area (Å²) in [5, 5.41) is 11.8. The minimum absolute atomic E-state index is 0.00559. The Morgan fingerprint density at radius 1 is 1.12 bits per heavy atom. The van der Waals surface area contributed by atoms with E-state index in [-0.39, 0.29) is 28.9 Å². The molecule has 3 aliphatic carbocycles. The van der Waals surface area contributed by atoms with Crippen LogP contribution in [0.3, 0.4) is 0 Å². The van der Waals surface area contributed by atoms with Crippen LogP contribution in [0.15, 0.2) is 41.3 Å². The number of ketones is 1. The molecule has 1 N–H and O–H groups in total. The summed E-state index contributed by atoms with van der Waals surface area (Å²) in [5.41, 5.74) is -1.42. The van der Waals surface area contributed by atoms with Crippen LogP contribution in [0.2, 0.25) is 0 Å². The second-order valence-electron chi connectivity index (χ2n) is 12.7. The lowest BCUT2D eigenvalue weighted by atomic mass is 9.44. The Kier molecular flexibility index (Phi) is 8.62. The molecule has 1 aromatic rings. The van der Waals surface area contributed by atoms with E-state index < -0.39 is 63.0 Å². The fourth-order valence-corrected chi connectivity index (χ4v) is 8.74. The van der Waals surface area contributed by atoms with Crippen LogP contribution in [-0.2, 0) is 38.2 Å². The zero-order valence-corrected chi connectivity index (χ0v) is 25.5. The fourth-order valence-electron chi connectivity index (χ4n) is 7.88. The number of rotatable bonds is 7. The number of methoxy groups -OCH3 is 1. The summed E-state index contributed by atoms with van der Waals surface area (Å²) >= 11 is 0. The van der Waals surface area contributed by atoms with Crippen LogP contribution in [-0.4, -0.2) is 57.2 Å². The van der Waals surface area contributed by atoms with Gasteiger partial charge in [-0.2, -0.15) is 8.42 Å². The number of hydrogen-bond donors (Lipinski definition) is 1. The van der Waals surface area contributed by atoms with Gasteiger partial charge in [-0.3, -0.25) is 8.98 Å². The van der Waals surface area contributed by atoms with Crippen LogP contribution in [0, 0.1) is 40.9 Å². The molecule has 9 nitrogen and oxygen atoms in total. The van der Waals surface area contributed by atoms with Crippen molar-refractivity contribution in [2.24, 2.45) is 34.0 Å². The third kappa shape index (κ3) is 5.50. The van der Waals surface area contributed by atoms with Crippen molar-refractivity contribution in [3.63, 3.8) is 0 Å². The molecule has 3 fully saturated rings. The van der Waals surface area contributed by atoms with Gasteiger partial charge in [-0.25, -0.2) is 9.59 Å². The zero-order valence-electron chi connectivity index (χ0n) is 24.7. The first kappa shape index (κ1) is 31.4. The number of benzene rings is 1. The molecule has 0 heterocycles. The Bertz CT molecular complexity index is 1320. The van der Waals surface area contributed by atoms with Crippen LogP contribution in [0.4, 0.5) is 0 Å². The van der Waals surface area contributed by atoms with Crippen molar-refractivity contribution in [3.8, 4) is 0 Å². The van der Waals surface area contributed by atoms with Gasteiger partial charge in [-0.1, -0.05) is 51.5 Å². The van der Waals surface area contributed by atoms with Crippen LogP contribution in [0.1, 0.15) is 65.4 Å². The molecule has 41 heavy (non-hydrogen) atoms. The SMILES string of the molecule is COC(=O)/C=C/[C@]1(C)C[C@@H](OC(=O)COS(=O)(=O)c2ccc(C)cc2)[C@@]2(C)[C@@H]3C(=O)CC[C@@]3(CC[C@@H]2C)[C@@H](C)[C@@H]1O. The highest BCUT2D eigenvalue weighted by molar-refractivity contribution is 7.86. The Hall–Kier alpha value is -2.56. The second-order valence-corrected chi connectivity index (χ2v) is 14.4. The van der Waals surface area contributed by atoms with E-state index >= 15 is 0 Å². The van der Waals surface area contributed by atoms with Crippen molar-refractivity contribution < 1.29 is 41.6 Å². The number of ether oxygens (including phenoxy) is 2. The van der Waals surface area contributed by atoms with E-state index in [9.17, 15) is 27.9 Å². The van der Waals surface area contributed by atoms with Crippen LogP contribution in [0.25, 0.3) is 0 Å². The molecule has 0 spiro atoms.